The van der Waals surface area contributed by atoms with E-state index in [0.717, 1.165) is 11.3 Å². The molecule has 0 fully saturated rings. The number of halogens is 2. The van der Waals surface area contributed by atoms with Gasteiger partial charge in [0.05, 0.1) is 6.54 Å². The van der Waals surface area contributed by atoms with Crippen LogP contribution in [-0.2, 0) is 0 Å². The minimum Gasteiger partial charge on any atom is -0.476 e. The van der Waals surface area contributed by atoms with Crippen LogP contribution < -0.4 is 5.32 Å². The van der Waals surface area contributed by atoms with Crippen LogP contribution in [0.1, 0.15) is 20.3 Å². The number of carbonyl (C=O) groups excluding carboxylic acids is 1. The zero-order valence-electron chi connectivity index (χ0n) is 7.24. The van der Waals surface area contributed by atoms with E-state index in [4.69, 9.17) is 5.11 Å². The molecule has 0 saturated carbocycles. The Hall–Kier alpha value is -1.57. The minimum atomic E-state index is -2.65. The summed E-state index contributed by atoms with van der Waals surface area (Å²) in [5, 5.41) is 11.4. The lowest BCUT2D eigenvalue weighted by Gasteiger charge is -2.00. The first-order valence-electron chi connectivity index (χ1n) is 3.76. The van der Waals surface area contributed by atoms with Crippen LogP contribution in [0.4, 0.5) is 8.78 Å². The molecule has 8 heteroatoms. The van der Waals surface area contributed by atoms with Crippen molar-refractivity contribution in [2.24, 2.45) is 0 Å². The van der Waals surface area contributed by atoms with Gasteiger partial charge in [-0.15, -0.1) is 11.3 Å². The molecule has 0 aliphatic rings. The van der Waals surface area contributed by atoms with E-state index in [1.165, 1.54) is 5.38 Å². The normalized spacial score (nSPS) is 10.3. The van der Waals surface area contributed by atoms with Crippen molar-refractivity contribution in [1.82, 2.24) is 10.3 Å². The number of amides is 1. The van der Waals surface area contributed by atoms with E-state index in [2.05, 4.69) is 4.98 Å². The predicted octanol–water partition coefficient (Wildman–Crippen LogP) is 0.836. The summed E-state index contributed by atoms with van der Waals surface area (Å²) >= 11 is 0.761. The van der Waals surface area contributed by atoms with Crippen molar-refractivity contribution in [1.29, 1.82) is 0 Å². The van der Waals surface area contributed by atoms with Crippen molar-refractivity contribution < 1.29 is 23.5 Å². The van der Waals surface area contributed by atoms with Gasteiger partial charge in [-0.05, 0) is 0 Å². The third kappa shape index (κ3) is 3.24. The largest absolute Gasteiger partial charge is 0.476 e. The monoisotopic (exact) mass is 236 g/mol. The molecule has 1 aromatic rings. The number of hydrogen-bond acceptors (Lipinski definition) is 4. The summed E-state index contributed by atoms with van der Waals surface area (Å²) in [6.45, 7) is -0.779. The molecule has 0 spiro atoms. The van der Waals surface area contributed by atoms with Gasteiger partial charge in [0.15, 0.2) is 0 Å². The summed E-state index contributed by atoms with van der Waals surface area (Å²) in [7, 11) is 0. The molecule has 0 aromatic carbocycles. The quantitative estimate of drug-likeness (QED) is 0.811. The Labute approximate surface area is 86.7 Å². The Bertz CT molecular complexity index is 380. The van der Waals surface area contributed by atoms with Crippen molar-refractivity contribution >= 4 is 23.2 Å². The van der Waals surface area contributed by atoms with Crippen LogP contribution in [-0.4, -0.2) is 34.9 Å². The number of carboxylic acid groups (broad SMARTS) is 1. The maximum absolute atomic E-state index is 11.7. The van der Waals surface area contributed by atoms with E-state index in [0.29, 0.717) is 0 Å². The minimum absolute atomic E-state index is 0.168. The number of nitrogens with one attached hydrogen (secondary N) is 1. The average molecular weight is 236 g/mol. The first kappa shape index (κ1) is 11.5. The van der Waals surface area contributed by atoms with Crippen molar-refractivity contribution in [2.75, 3.05) is 6.54 Å². The number of nitrogens with zero attached hydrogens (tertiary/aromatic N) is 1. The van der Waals surface area contributed by atoms with E-state index in [9.17, 15) is 18.4 Å². The standard InChI is InChI=1S/C7H6F2N2O3S/c8-4(9)1-10-5(12)3-2-15-6(11-3)7(13)14/h2,4H,1H2,(H,10,12)(H,13,14). The van der Waals surface area contributed by atoms with Crippen LogP contribution in [0.25, 0.3) is 0 Å². The highest BCUT2D eigenvalue weighted by Crippen LogP contribution is 2.09. The van der Waals surface area contributed by atoms with Crippen molar-refractivity contribution in [2.45, 2.75) is 6.43 Å². The molecule has 0 unspecified atom stereocenters. The van der Waals surface area contributed by atoms with Crippen LogP contribution in [0.5, 0.6) is 0 Å². The zero-order chi connectivity index (χ0) is 11.4. The van der Waals surface area contributed by atoms with Gasteiger partial charge in [-0.1, -0.05) is 0 Å². The number of rotatable bonds is 4. The molecule has 15 heavy (non-hydrogen) atoms. The molecule has 1 amide bonds. The highest BCUT2D eigenvalue weighted by Gasteiger charge is 2.15. The van der Waals surface area contributed by atoms with Crippen LogP contribution in [0.2, 0.25) is 0 Å². The van der Waals surface area contributed by atoms with Gasteiger partial charge in [0.1, 0.15) is 5.69 Å². The van der Waals surface area contributed by atoms with E-state index >= 15 is 0 Å². The van der Waals surface area contributed by atoms with Crippen LogP contribution in [0, 0.1) is 0 Å². The molecule has 0 bridgehead atoms. The number of aromatic carboxylic acids is 1. The summed E-state index contributed by atoms with van der Waals surface area (Å²) in [6.07, 6.45) is -2.65. The van der Waals surface area contributed by atoms with Gasteiger partial charge in [0.2, 0.25) is 5.01 Å². The Balaban J connectivity index is 2.62. The first-order valence-corrected chi connectivity index (χ1v) is 4.64. The second kappa shape index (κ2) is 4.78. The van der Waals surface area contributed by atoms with Gasteiger partial charge in [0.25, 0.3) is 12.3 Å². The lowest BCUT2D eigenvalue weighted by Crippen LogP contribution is -2.28. The Morgan fingerprint density at radius 2 is 2.27 bits per heavy atom. The predicted molar refractivity (Wildman–Crippen MR) is 47.4 cm³/mol. The molecule has 0 saturated heterocycles. The molecular weight excluding hydrogens is 230 g/mol. The van der Waals surface area contributed by atoms with Gasteiger partial charge >= 0.3 is 5.97 Å². The van der Waals surface area contributed by atoms with E-state index in [1.54, 1.807) is 0 Å². The van der Waals surface area contributed by atoms with Crippen molar-refractivity contribution in [3.63, 3.8) is 0 Å². The topological polar surface area (TPSA) is 79.3 Å². The number of carbonyl (C=O) groups is 2. The van der Waals surface area contributed by atoms with Gasteiger partial charge in [-0.25, -0.2) is 18.6 Å². The van der Waals surface area contributed by atoms with Crippen LogP contribution in [0.15, 0.2) is 5.38 Å². The van der Waals surface area contributed by atoms with Crippen LogP contribution >= 0.6 is 11.3 Å². The Kier molecular flexibility index (Phi) is 3.67. The molecule has 0 aliphatic carbocycles. The average Bonchev–Trinajstić information content (AvgIpc) is 2.62. The number of thiazole rings is 1. The fraction of sp³-hybridized carbons (Fsp3) is 0.286. The first-order chi connectivity index (χ1) is 7.00. The summed E-state index contributed by atoms with van der Waals surface area (Å²) in [5.41, 5.74) is -0.168. The summed E-state index contributed by atoms with van der Waals surface area (Å²) < 4.78 is 23.4. The number of carboxylic acids is 1. The van der Waals surface area contributed by atoms with E-state index in [-0.39, 0.29) is 10.7 Å². The molecule has 0 aliphatic heterocycles. The Morgan fingerprint density at radius 1 is 1.60 bits per heavy atom. The fourth-order valence-electron chi connectivity index (χ4n) is 0.737. The van der Waals surface area contributed by atoms with Gasteiger partial charge in [0, 0.05) is 5.38 Å². The Morgan fingerprint density at radius 3 is 2.73 bits per heavy atom. The second-order valence-electron chi connectivity index (χ2n) is 2.44. The highest BCUT2D eigenvalue weighted by atomic mass is 32.1. The summed E-state index contributed by atoms with van der Waals surface area (Å²) in [4.78, 5) is 24.9. The van der Waals surface area contributed by atoms with Crippen molar-refractivity contribution in [3.05, 3.63) is 16.1 Å². The van der Waals surface area contributed by atoms with E-state index < -0.39 is 24.8 Å². The molecular formula is C7H6F2N2O3S. The molecule has 82 valence electrons. The highest BCUT2D eigenvalue weighted by molar-refractivity contribution is 7.11. The third-order valence-electron chi connectivity index (χ3n) is 1.34. The van der Waals surface area contributed by atoms with Gasteiger partial charge in [-0.3, -0.25) is 4.79 Å². The van der Waals surface area contributed by atoms with Gasteiger partial charge in [-0.2, -0.15) is 0 Å². The molecule has 1 aromatic heterocycles. The molecule has 1 rings (SSSR count). The molecule has 5 nitrogen and oxygen atoms in total. The molecule has 0 atom stereocenters. The number of aromatic nitrogens is 1. The fourth-order valence-corrected chi connectivity index (χ4v) is 1.37. The third-order valence-corrected chi connectivity index (χ3v) is 2.17. The van der Waals surface area contributed by atoms with Gasteiger partial charge < -0.3 is 10.4 Å². The van der Waals surface area contributed by atoms with Crippen LogP contribution in [0.3, 0.4) is 0 Å². The zero-order valence-corrected chi connectivity index (χ0v) is 8.05. The SMILES string of the molecule is O=C(NCC(F)F)c1csc(C(=O)O)n1. The lowest BCUT2D eigenvalue weighted by molar-refractivity contribution is 0.0696. The number of alkyl halides is 2. The molecule has 2 N–H and O–H groups in total. The smallest absolute Gasteiger partial charge is 0.365 e. The van der Waals surface area contributed by atoms with E-state index in [1.807, 2.05) is 5.32 Å². The number of hydrogen-bond donors (Lipinski definition) is 2. The van der Waals surface area contributed by atoms with Crippen molar-refractivity contribution in [3.8, 4) is 0 Å². The maximum atomic E-state index is 11.7. The molecule has 1 heterocycles. The second-order valence-corrected chi connectivity index (χ2v) is 3.30. The maximum Gasteiger partial charge on any atom is 0.365 e. The molecule has 0 radical (unpaired) electrons. The summed E-state index contributed by atoms with van der Waals surface area (Å²) in [5.74, 6) is -2.06. The summed E-state index contributed by atoms with van der Waals surface area (Å²) in [6, 6.07) is 0. The lowest BCUT2D eigenvalue weighted by atomic mass is 10.4.